The zero-order valence-electron chi connectivity index (χ0n) is 19.5. The summed E-state index contributed by atoms with van der Waals surface area (Å²) < 4.78 is 13.1. The second-order valence-corrected chi connectivity index (χ2v) is 9.94. The van der Waals surface area contributed by atoms with Crippen LogP contribution in [0.25, 0.3) is 0 Å². The fourth-order valence-electron chi connectivity index (χ4n) is 4.82. The van der Waals surface area contributed by atoms with Gasteiger partial charge in [0, 0.05) is 24.1 Å². The summed E-state index contributed by atoms with van der Waals surface area (Å²) >= 11 is 0. The first-order valence-electron chi connectivity index (χ1n) is 11.5. The van der Waals surface area contributed by atoms with Gasteiger partial charge in [-0.1, -0.05) is 60.4 Å². The smallest absolute Gasteiger partial charge is 0.126 e. The average Bonchev–Trinajstić information content (AvgIpc) is 2.73. The van der Waals surface area contributed by atoms with Gasteiger partial charge in [-0.15, -0.1) is 0 Å². The first-order valence-corrected chi connectivity index (χ1v) is 11.5. The third kappa shape index (κ3) is 4.81. The summed E-state index contributed by atoms with van der Waals surface area (Å²) in [5.41, 5.74) is 1.81. The first-order chi connectivity index (χ1) is 14.8. The topological polar surface area (TPSA) is 21.7 Å². The Hall–Kier alpha value is -2.28. The van der Waals surface area contributed by atoms with Crippen LogP contribution in [0.5, 0.6) is 5.75 Å². The maximum Gasteiger partial charge on any atom is 0.126 e. The third-order valence-electron chi connectivity index (χ3n) is 6.77. The Bertz CT molecular complexity index is 956. The van der Waals surface area contributed by atoms with Gasteiger partial charge in [-0.05, 0) is 59.1 Å². The zero-order valence-corrected chi connectivity index (χ0v) is 19.5. The molecule has 0 aromatic heterocycles. The van der Waals surface area contributed by atoms with Gasteiger partial charge in [-0.25, -0.2) is 0 Å². The van der Waals surface area contributed by atoms with E-state index >= 15 is 0 Å². The van der Waals surface area contributed by atoms with E-state index in [2.05, 4.69) is 99.9 Å². The molecule has 2 aliphatic rings. The Morgan fingerprint density at radius 1 is 1.03 bits per heavy atom. The van der Waals surface area contributed by atoms with Crippen molar-refractivity contribution in [1.29, 1.82) is 0 Å². The average molecular weight is 418 g/mol. The fourth-order valence-corrected chi connectivity index (χ4v) is 4.82. The summed E-state index contributed by atoms with van der Waals surface area (Å²) in [7, 11) is 0. The molecule has 31 heavy (non-hydrogen) atoms. The summed E-state index contributed by atoms with van der Waals surface area (Å²) in [5, 5.41) is 0. The standard InChI is InChI=1S/C28H35NO2/c1-21(2)29(20-22-12-7-6-8-13-22)19-11-17-28(5)18-16-24-26(31-28)23-14-9-10-15-25(23)30-27(24,3)4/h6-10,12-15,21,24,26H,16,18-20H2,1-5H3. The van der Waals surface area contributed by atoms with Crippen molar-refractivity contribution >= 4 is 0 Å². The van der Waals surface area contributed by atoms with Crippen LogP contribution in [0.2, 0.25) is 0 Å². The van der Waals surface area contributed by atoms with Crippen molar-refractivity contribution in [2.45, 2.75) is 77.4 Å². The highest BCUT2D eigenvalue weighted by Gasteiger charge is 2.49. The molecule has 1 fully saturated rings. The monoisotopic (exact) mass is 417 g/mol. The molecule has 4 rings (SSSR count). The molecule has 0 saturated carbocycles. The number of para-hydroxylation sites is 1. The summed E-state index contributed by atoms with van der Waals surface area (Å²) in [5.74, 6) is 8.24. The number of rotatable bonds is 4. The summed E-state index contributed by atoms with van der Waals surface area (Å²) in [6.07, 6.45) is 2.00. The van der Waals surface area contributed by atoms with E-state index < -0.39 is 5.60 Å². The molecule has 0 radical (unpaired) electrons. The van der Waals surface area contributed by atoms with Gasteiger partial charge >= 0.3 is 0 Å². The number of benzene rings is 2. The maximum absolute atomic E-state index is 6.73. The molecule has 3 unspecified atom stereocenters. The largest absolute Gasteiger partial charge is 0.487 e. The minimum Gasteiger partial charge on any atom is -0.487 e. The number of nitrogens with zero attached hydrogens (tertiary/aromatic N) is 1. The van der Waals surface area contributed by atoms with Crippen LogP contribution in [0.15, 0.2) is 54.6 Å². The van der Waals surface area contributed by atoms with Gasteiger partial charge in [0.05, 0.1) is 12.6 Å². The van der Waals surface area contributed by atoms with E-state index in [-0.39, 0.29) is 11.7 Å². The van der Waals surface area contributed by atoms with Crippen LogP contribution < -0.4 is 4.74 Å². The summed E-state index contributed by atoms with van der Waals surface area (Å²) in [6, 6.07) is 19.3. The molecule has 0 bridgehead atoms. The zero-order chi connectivity index (χ0) is 22.1. The van der Waals surface area contributed by atoms with Crippen molar-refractivity contribution in [2.24, 2.45) is 5.92 Å². The third-order valence-corrected chi connectivity index (χ3v) is 6.77. The lowest BCUT2D eigenvalue weighted by atomic mass is 9.73. The van der Waals surface area contributed by atoms with E-state index in [0.717, 1.165) is 37.2 Å². The molecule has 3 nitrogen and oxygen atoms in total. The number of fused-ring (bicyclic) bond motifs is 3. The molecule has 0 N–H and O–H groups in total. The molecular formula is C28H35NO2. The number of hydrogen-bond acceptors (Lipinski definition) is 3. The molecular weight excluding hydrogens is 382 g/mol. The Morgan fingerprint density at radius 2 is 1.74 bits per heavy atom. The van der Waals surface area contributed by atoms with Crippen LogP contribution in [-0.4, -0.2) is 28.7 Å². The second-order valence-electron chi connectivity index (χ2n) is 9.94. The minimum absolute atomic E-state index is 0.0264. The van der Waals surface area contributed by atoms with E-state index in [9.17, 15) is 0 Å². The van der Waals surface area contributed by atoms with E-state index in [4.69, 9.17) is 9.47 Å². The lowest BCUT2D eigenvalue weighted by Crippen LogP contribution is -2.50. The van der Waals surface area contributed by atoms with Crippen molar-refractivity contribution in [3.8, 4) is 17.6 Å². The predicted molar refractivity (Wildman–Crippen MR) is 126 cm³/mol. The van der Waals surface area contributed by atoms with Gasteiger partial charge in [0.25, 0.3) is 0 Å². The fraction of sp³-hybridized carbons (Fsp3) is 0.500. The Labute approximate surface area is 187 Å². The van der Waals surface area contributed by atoms with Crippen molar-refractivity contribution < 1.29 is 9.47 Å². The molecule has 2 aliphatic heterocycles. The van der Waals surface area contributed by atoms with Gasteiger partial charge in [0.1, 0.15) is 17.0 Å². The summed E-state index contributed by atoms with van der Waals surface area (Å²) in [4.78, 5) is 2.41. The van der Waals surface area contributed by atoms with E-state index in [1.165, 1.54) is 5.56 Å². The van der Waals surface area contributed by atoms with Crippen molar-refractivity contribution in [3.63, 3.8) is 0 Å². The molecule has 3 atom stereocenters. The van der Waals surface area contributed by atoms with E-state index in [0.29, 0.717) is 12.0 Å². The molecule has 0 aliphatic carbocycles. The number of ether oxygens (including phenoxy) is 2. The highest BCUT2D eigenvalue weighted by Crippen LogP contribution is 2.52. The Balaban J connectivity index is 1.50. The van der Waals surface area contributed by atoms with E-state index in [1.54, 1.807) is 0 Å². The molecule has 1 saturated heterocycles. The summed E-state index contributed by atoms with van der Waals surface area (Å²) in [6.45, 7) is 12.6. The first kappa shape index (κ1) is 21.9. The van der Waals surface area contributed by atoms with Crippen molar-refractivity contribution in [1.82, 2.24) is 4.90 Å². The quantitative estimate of drug-likeness (QED) is 0.570. The van der Waals surface area contributed by atoms with Gasteiger partial charge in [0.2, 0.25) is 0 Å². The van der Waals surface area contributed by atoms with Crippen molar-refractivity contribution in [3.05, 3.63) is 65.7 Å². The second kappa shape index (κ2) is 8.69. The lowest BCUT2D eigenvalue weighted by Gasteiger charge is -2.50. The molecule has 3 heteroatoms. The highest BCUT2D eigenvalue weighted by atomic mass is 16.5. The van der Waals surface area contributed by atoms with Gasteiger partial charge < -0.3 is 9.47 Å². The van der Waals surface area contributed by atoms with Crippen LogP contribution >= 0.6 is 0 Å². The molecule has 0 spiro atoms. The van der Waals surface area contributed by atoms with Crippen molar-refractivity contribution in [2.75, 3.05) is 6.54 Å². The maximum atomic E-state index is 6.73. The van der Waals surface area contributed by atoms with Crippen LogP contribution in [-0.2, 0) is 11.3 Å². The van der Waals surface area contributed by atoms with Crippen LogP contribution in [0.4, 0.5) is 0 Å². The van der Waals surface area contributed by atoms with Gasteiger partial charge in [-0.2, -0.15) is 0 Å². The normalized spacial score (nSPS) is 26.4. The van der Waals surface area contributed by atoms with Gasteiger partial charge in [-0.3, -0.25) is 4.90 Å². The lowest BCUT2D eigenvalue weighted by molar-refractivity contribution is -0.169. The molecule has 2 aromatic carbocycles. The van der Waals surface area contributed by atoms with Crippen LogP contribution in [0.3, 0.4) is 0 Å². The van der Waals surface area contributed by atoms with E-state index in [1.807, 2.05) is 6.07 Å². The molecule has 0 amide bonds. The van der Waals surface area contributed by atoms with Crippen LogP contribution in [0.1, 0.15) is 64.7 Å². The number of hydrogen-bond donors (Lipinski definition) is 0. The molecule has 164 valence electrons. The SMILES string of the molecule is CC(C)N(CC#CC1(C)CCC2C(O1)c1ccccc1OC2(C)C)Cc1ccccc1. The highest BCUT2D eigenvalue weighted by molar-refractivity contribution is 5.39. The predicted octanol–water partition coefficient (Wildman–Crippen LogP) is 6.00. The van der Waals surface area contributed by atoms with Gasteiger partial charge in [0.15, 0.2) is 0 Å². The van der Waals surface area contributed by atoms with Crippen LogP contribution in [0, 0.1) is 17.8 Å². The Kier molecular flexibility index (Phi) is 6.15. The molecule has 2 aromatic rings. The minimum atomic E-state index is -0.433. The molecule has 2 heterocycles. The Morgan fingerprint density at radius 3 is 2.48 bits per heavy atom.